The molecule has 0 fully saturated rings. The molecule has 1 aromatic heterocycles. The summed E-state index contributed by atoms with van der Waals surface area (Å²) in [7, 11) is 4.17. The van der Waals surface area contributed by atoms with E-state index in [-0.39, 0.29) is 17.9 Å². The Bertz CT molecular complexity index is 502. The number of pyridine rings is 1. The maximum Gasteiger partial charge on any atom is 0.304 e. The summed E-state index contributed by atoms with van der Waals surface area (Å²) < 4.78 is 18.5. The molecule has 1 amide bonds. The zero-order valence-electron chi connectivity index (χ0n) is 11.3. The second-order valence-electron chi connectivity index (χ2n) is 3.72. The van der Waals surface area contributed by atoms with Gasteiger partial charge in [-0.25, -0.2) is 9.37 Å². The van der Waals surface area contributed by atoms with Gasteiger partial charge in [-0.2, -0.15) is 0 Å². The second kappa shape index (κ2) is 9.46. The van der Waals surface area contributed by atoms with E-state index in [4.69, 9.17) is 9.84 Å². The number of amides is 1. The molecule has 116 valence electrons. The van der Waals surface area contributed by atoms with E-state index in [0.717, 1.165) is 0 Å². The minimum absolute atomic E-state index is 0.0336. The zero-order chi connectivity index (χ0) is 15.7. The lowest BCUT2D eigenvalue weighted by atomic mass is 10.3. The molecule has 0 atom stereocenters. The predicted octanol–water partition coefficient (Wildman–Crippen LogP) is 1.82. The van der Waals surface area contributed by atoms with Gasteiger partial charge in [0, 0.05) is 30.3 Å². The molecule has 0 aliphatic heterocycles. The van der Waals surface area contributed by atoms with Gasteiger partial charge in [-0.1, -0.05) is 21.6 Å². The van der Waals surface area contributed by atoms with Crippen molar-refractivity contribution in [3.05, 3.63) is 23.8 Å². The lowest BCUT2D eigenvalue weighted by Crippen LogP contribution is -2.27. The third-order valence-corrected chi connectivity index (χ3v) is 4.65. The van der Waals surface area contributed by atoms with E-state index < -0.39 is 17.7 Å². The van der Waals surface area contributed by atoms with Gasteiger partial charge in [0.2, 0.25) is 0 Å². The monoisotopic (exact) mass is 334 g/mol. The van der Waals surface area contributed by atoms with Crippen LogP contribution in [0.4, 0.5) is 4.39 Å². The molecule has 0 aromatic carbocycles. The van der Waals surface area contributed by atoms with Crippen LogP contribution >= 0.6 is 21.6 Å². The maximum absolute atomic E-state index is 13.8. The number of aliphatic carboxylic acids is 1. The standard InChI is InChI=1S/C12H15FN2O4S2/c1-19-8-2-4-14-11(10(8)13)12(18)15-5-7-21-20-6-3-9(16)17/h2,4H,3,5-7H2,1H3,(H,15,18)(H,16,17). The van der Waals surface area contributed by atoms with Crippen LogP contribution in [-0.4, -0.2) is 47.1 Å². The number of carbonyl (C=O) groups excluding carboxylic acids is 1. The van der Waals surface area contributed by atoms with Gasteiger partial charge in [0.05, 0.1) is 13.5 Å². The van der Waals surface area contributed by atoms with Crippen LogP contribution in [0.15, 0.2) is 12.3 Å². The first-order chi connectivity index (χ1) is 10.1. The number of aromatic nitrogens is 1. The maximum atomic E-state index is 13.8. The number of nitrogens with zero attached hydrogens (tertiary/aromatic N) is 1. The van der Waals surface area contributed by atoms with Crippen molar-refractivity contribution in [1.82, 2.24) is 10.3 Å². The Labute approximate surface area is 129 Å². The molecule has 1 rings (SSSR count). The summed E-state index contributed by atoms with van der Waals surface area (Å²) >= 11 is 0. The Kier molecular flexibility index (Phi) is 7.91. The third kappa shape index (κ3) is 6.21. The van der Waals surface area contributed by atoms with Crippen molar-refractivity contribution < 1.29 is 23.8 Å². The summed E-state index contributed by atoms with van der Waals surface area (Å²) in [4.78, 5) is 25.7. The first-order valence-corrected chi connectivity index (χ1v) is 8.48. The zero-order valence-corrected chi connectivity index (χ0v) is 12.9. The van der Waals surface area contributed by atoms with E-state index in [1.54, 1.807) is 0 Å². The molecule has 9 heteroatoms. The Balaban J connectivity index is 2.30. The molecule has 0 bridgehead atoms. The van der Waals surface area contributed by atoms with E-state index >= 15 is 0 Å². The molecule has 0 spiro atoms. The van der Waals surface area contributed by atoms with Crippen LogP contribution in [-0.2, 0) is 4.79 Å². The van der Waals surface area contributed by atoms with Crippen LogP contribution in [0.5, 0.6) is 5.75 Å². The number of carboxylic acids is 1. The molecule has 21 heavy (non-hydrogen) atoms. The fourth-order valence-electron chi connectivity index (χ4n) is 1.28. The minimum Gasteiger partial charge on any atom is -0.494 e. The highest BCUT2D eigenvalue weighted by molar-refractivity contribution is 8.76. The Morgan fingerprint density at radius 1 is 1.43 bits per heavy atom. The number of carbonyl (C=O) groups is 2. The van der Waals surface area contributed by atoms with Crippen LogP contribution in [0.3, 0.4) is 0 Å². The molecule has 0 aliphatic rings. The molecule has 0 radical (unpaired) electrons. The van der Waals surface area contributed by atoms with E-state index in [9.17, 15) is 14.0 Å². The van der Waals surface area contributed by atoms with Crippen LogP contribution in [0.1, 0.15) is 16.9 Å². The van der Waals surface area contributed by atoms with Gasteiger partial charge in [0.25, 0.3) is 5.91 Å². The van der Waals surface area contributed by atoms with Crippen LogP contribution in [0.2, 0.25) is 0 Å². The normalized spacial score (nSPS) is 10.2. The fraction of sp³-hybridized carbons (Fsp3) is 0.417. The molecule has 0 aliphatic carbocycles. The smallest absolute Gasteiger partial charge is 0.304 e. The van der Waals surface area contributed by atoms with E-state index in [0.29, 0.717) is 18.1 Å². The lowest BCUT2D eigenvalue weighted by Gasteiger charge is -2.07. The van der Waals surface area contributed by atoms with Gasteiger partial charge in [0.1, 0.15) is 0 Å². The Morgan fingerprint density at radius 3 is 2.81 bits per heavy atom. The number of hydrogen-bond donors (Lipinski definition) is 2. The number of carboxylic acid groups (broad SMARTS) is 1. The SMILES string of the molecule is COc1ccnc(C(=O)NCCSSCCC(=O)O)c1F. The average molecular weight is 334 g/mol. The predicted molar refractivity (Wildman–Crippen MR) is 80.2 cm³/mol. The fourth-order valence-corrected chi connectivity index (χ4v) is 3.16. The molecule has 1 heterocycles. The highest BCUT2D eigenvalue weighted by Crippen LogP contribution is 2.21. The van der Waals surface area contributed by atoms with Gasteiger partial charge < -0.3 is 15.2 Å². The summed E-state index contributed by atoms with van der Waals surface area (Å²) in [5.74, 6) is -1.19. The Morgan fingerprint density at radius 2 is 2.14 bits per heavy atom. The average Bonchev–Trinajstić information content (AvgIpc) is 2.46. The van der Waals surface area contributed by atoms with E-state index in [1.807, 2.05) is 0 Å². The number of ether oxygens (including phenoxy) is 1. The van der Waals surface area contributed by atoms with E-state index in [1.165, 1.54) is 41.0 Å². The second-order valence-corrected chi connectivity index (χ2v) is 6.42. The van der Waals surface area contributed by atoms with Gasteiger partial charge in [-0.15, -0.1) is 0 Å². The summed E-state index contributed by atoms with van der Waals surface area (Å²) in [5.41, 5.74) is -0.308. The first kappa shape index (κ1) is 17.6. The van der Waals surface area contributed by atoms with Crippen molar-refractivity contribution in [3.8, 4) is 5.75 Å². The topological polar surface area (TPSA) is 88.5 Å². The molecule has 1 aromatic rings. The van der Waals surface area contributed by atoms with Crippen molar-refractivity contribution in [2.45, 2.75) is 6.42 Å². The number of rotatable bonds is 9. The molecule has 6 nitrogen and oxygen atoms in total. The van der Waals surface area contributed by atoms with Gasteiger partial charge in [-0.3, -0.25) is 9.59 Å². The molecule has 0 saturated heterocycles. The van der Waals surface area contributed by atoms with Crippen molar-refractivity contribution in [3.63, 3.8) is 0 Å². The first-order valence-electron chi connectivity index (χ1n) is 5.99. The van der Waals surface area contributed by atoms with Crippen molar-refractivity contribution in [2.24, 2.45) is 0 Å². The van der Waals surface area contributed by atoms with E-state index in [2.05, 4.69) is 10.3 Å². The molecule has 0 saturated carbocycles. The van der Waals surface area contributed by atoms with Crippen molar-refractivity contribution in [2.75, 3.05) is 25.2 Å². The number of methoxy groups -OCH3 is 1. The van der Waals surface area contributed by atoms with Crippen molar-refractivity contribution in [1.29, 1.82) is 0 Å². The largest absolute Gasteiger partial charge is 0.494 e. The lowest BCUT2D eigenvalue weighted by molar-refractivity contribution is -0.136. The number of halogens is 1. The van der Waals surface area contributed by atoms with Crippen LogP contribution in [0, 0.1) is 5.82 Å². The van der Waals surface area contributed by atoms with Gasteiger partial charge >= 0.3 is 5.97 Å². The third-order valence-electron chi connectivity index (χ3n) is 2.24. The molecule has 0 unspecified atom stereocenters. The minimum atomic E-state index is -0.837. The van der Waals surface area contributed by atoms with Crippen molar-refractivity contribution >= 4 is 33.5 Å². The number of hydrogen-bond acceptors (Lipinski definition) is 6. The number of nitrogens with one attached hydrogen (secondary N) is 1. The van der Waals surface area contributed by atoms with Gasteiger partial charge in [0.15, 0.2) is 17.3 Å². The molecular weight excluding hydrogens is 319 g/mol. The highest BCUT2D eigenvalue weighted by atomic mass is 33.1. The van der Waals surface area contributed by atoms with Crippen LogP contribution < -0.4 is 10.1 Å². The van der Waals surface area contributed by atoms with Gasteiger partial charge in [-0.05, 0) is 0 Å². The summed E-state index contributed by atoms with van der Waals surface area (Å²) in [6.07, 6.45) is 1.40. The Hall–Kier alpha value is -1.48. The molecular formula is C12H15FN2O4S2. The summed E-state index contributed by atoms with van der Waals surface area (Å²) in [5, 5.41) is 11.0. The molecule has 2 N–H and O–H groups in total. The summed E-state index contributed by atoms with van der Waals surface area (Å²) in [6.45, 7) is 0.335. The summed E-state index contributed by atoms with van der Waals surface area (Å²) in [6, 6.07) is 1.33. The highest BCUT2D eigenvalue weighted by Gasteiger charge is 2.16. The quantitative estimate of drug-likeness (QED) is 0.526. The van der Waals surface area contributed by atoms with Crippen LogP contribution in [0.25, 0.3) is 0 Å².